The average Bonchev–Trinajstić information content (AvgIpc) is 2.52. The molecule has 1 fully saturated rings. The van der Waals surface area contributed by atoms with E-state index in [1.54, 1.807) is 7.11 Å². The van der Waals surface area contributed by atoms with Gasteiger partial charge in [-0.1, -0.05) is 37.8 Å². The van der Waals surface area contributed by atoms with E-state index in [0.717, 1.165) is 37.0 Å². The van der Waals surface area contributed by atoms with Crippen molar-refractivity contribution in [3.05, 3.63) is 28.8 Å². The average molecular weight is 384 g/mol. The third kappa shape index (κ3) is 6.67. The molecule has 0 unspecified atom stereocenters. The molecule has 0 radical (unpaired) electrons. The molecule has 1 aliphatic rings. The maximum Gasteiger partial charge on any atom is 0.123 e. The van der Waals surface area contributed by atoms with Crippen LogP contribution in [0.4, 0.5) is 0 Å². The molecule has 1 aromatic carbocycles. The van der Waals surface area contributed by atoms with E-state index in [1.165, 1.54) is 31.2 Å². The second kappa shape index (κ2) is 12.2. The van der Waals surface area contributed by atoms with Crippen molar-refractivity contribution in [2.45, 2.75) is 38.6 Å². The molecule has 0 amide bonds. The van der Waals surface area contributed by atoms with Gasteiger partial charge in [-0.25, -0.2) is 0 Å². The van der Waals surface area contributed by atoms with Gasteiger partial charge in [-0.2, -0.15) is 0 Å². The standard InChI is InChI=1S/C17H27ClN2O.2ClH/c1-3-4-5-6-16(20-11-9-19-10-12-20)15-13-14(18)7-8-17(15)21-2;;/h7-8,13,16,19H,3-6,9-12H2,1-2H3;2*1H/t16-;;/m0../s1. The first-order valence-corrected chi connectivity index (χ1v) is 8.42. The number of methoxy groups -OCH3 is 1. The van der Waals surface area contributed by atoms with E-state index in [9.17, 15) is 0 Å². The molecule has 1 aliphatic heterocycles. The SMILES string of the molecule is CCCCC[C@@H](c1cc(Cl)ccc1OC)N1CCNCC1.Cl.Cl. The Bertz CT molecular complexity index is 440. The van der Waals surface area contributed by atoms with Gasteiger partial charge in [0.15, 0.2) is 0 Å². The Balaban J connectivity index is 0.00000242. The summed E-state index contributed by atoms with van der Waals surface area (Å²) in [5.74, 6) is 0.958. The van der Waals surface area contributed by atoms with E-state index in [1.807, 2.05) is 12.1 Å². The number of rotatable bonds is 7. The lowest BCUT2D eigenvalue weighted by Crippen LogP contribution is -2.45. The van der Waals surface area contributed by atoms with E-state index in [4.69, 9.17) is 16.3 Å². The van der Waals surface area contributed by atoms with E-state index < -0.39 is 0 Å². The quantitative estimate of drug-likeness (QED) is 0.689. The van der Waals surface area contributed by atoms with Crippen molar-refractivity contribution < 1.29 is 4.74 Å². The minimum absolute atomic E-state index is 0. The molecule has 1 atom stereocenters. The normalized spacial score (nSPS) is 16.1. The van der Waals surface area contributed by atoms with Crippen molar-refractivity contribution in [1.29, 1.82) is 0 Å². The summed E-state index contributed by atoms with van der Waals surface area (Å²) in [4.78, 5) is 2.57. The molecular weight excluding hydrogens is 355 g/mol. The highest BCUT2D eigenvalue weighted by molar-refractivity contribution is 6.30. The fraction of sp³-hybridized carbons (Fsp3) is 0.647. The molecule has 1 N–H and O–H groups in total. The highest BCUT2D eigenvalue weighted by Crippen LogP contribution is 2.35. The topological polar surface area (TPSA) is 24.5 Å². The molecule has 0 spiro atoms. The lowest BCUT2D eigenvalue weighted by atomic mass is 9.97. The summed E-state index contributed by atoms with van der Waals surface area (Å²) in [6.45, 7) is 6.55. The zero-order chi connectivity index (χ0) is 15.1. The van der Waals surface area contributed by atoms with Crippen LogP contribution < -0.4 is 10.1 Å². The van der Waals surface area contributed by atoms with Crippen LogP contribution >= 0.6 is 36.4 Å². The van der Waals surface area contributed by atoms with Gasteiger partial charge in [-0.15, -0.1) is 24.8 Å². The summed E-state index contributed by atoms with van der Waals surface area (Å²) < 4.78 is 5.58. The fourth-order valence-electron chi connectivity index (χ4n) is 3.08. The van der Waals surface area contributed by atoms with Gasteiger partial charge in [0, 0.05) is 42.8 Å². The molecule has 23 heavy (non-hydrogen) atoms. The molecule has 0 aliphatic carbocycles. The van der Waals surface area contributed by atoms with Crippen LogP contribution in [0.25, 0.3) is 0 Å². The van der Waals surface area contributed by atoms with Crippen LogP contribution in [0.15, 0.2) is 18.2 Å². The molecule has 0 saturated carbocycles. The maximum absolute atomic E-state index is 6.23. The van der Waals surface area contributed by atoms with Crippen LogP contribution in [-0.2, 0) is 0 Å². The van der Waals surface area contributed by atoms with E-state index in [2.05, 4.69) is 23.2 Å². The Kier molecular flexibility index (Phi) is 12.1. The Morgan fingerprint density at radius 2 is 1.91 bits per heavy atom. The number of piperazine rings is 1. The zero-order valence-electron chi connectivity index (χ0n) is 14.0. The van der Waals surface area contributed by atoms with Crippen LogP contribution in [0.3, 0.4) is 0 Å². The summed E-state index contributed by atoms with van der Waals surface area (Å²) >= 11 is 6.23. The molecular formula is C17H29Cl3N2O. The Hall–Kier alpha value is -0.190. The molecule has 1 heterocycles. The van der Waals surface area contributed by atoms with Gasteiger partial charge in [0.25, 0.3) is 0 Å². The first-order valence-electron chi connectivity index (χ1n) is 8.04. The summed E-state index contributed by atoms with van der Waals surface area (Å²) in [7, 11) is 1.74. The van der Waals surface area contributed by atoms with E-state index in [-0.39, 0.29) is 24.8 Å². The van der Waals surface area contributed by atoms with Crippen LogP contribution in [0.1, 0.15) is 44.2 Å². The van der Waals surface area contributed by atoms with Crippen LogP contribution in [0, 0.1) is 0 Å². The second-order valence-corrected chi connectivity index (χ2v) is 6.12. The number of halogens is 3. The third-order valence-corrected chi connectivity index (χ3v) is 4.46. The summed E-state index contributed by atoms with van der Waals surface area (Å²) in [6.07, 6.45) is 4.96. The maximum atomic E-state index is 6.23. The molecule has 0 bridgehead atoms. The number of hydrogen-bond acceptors (Lipinski definition) is 3. The molecule has 0 aromatic heterocycles. The minimum Gasteiger partial charge on any atom is -0.496 e. The van der Waals surface area contributed by atoms with Gasteiger partial charge in [-0.05, 0) is 24.6 Å². The Morgan fingerprint density at radius 3 is 2.52 bits per heavy atom. The number of nitrogens with one attached hydrogen (secondary N) is 1. The molecule has 3 nitrogen and oxygen atoms in total. The summed E-state index contributed by atoms with van der Waals surface area (Å²) in [6, 6.07) is 6.39. The van der Waals surface area contributed by atoms with Crippen molar-refractivity contribution in [1.82, 2.24) is 10.2 Å². The summed E-state index contributed by atoms with van der Waals surface area (Å²) in [5, 5.41) is 4.22. The number of ether oxygens (including phenoxy) is 1. The third-order valence-electron chi connectivity index (χ3n) is 4.22. The van der Waals surface area contributed by atoms with Gasteiger partial charge in [0.05, 0.1) is 7.11 Å². The zero-order valence-corrected chi connectivity index (χ0v) is 16.4. The molecule has 6 heteroatoms. The lowest BCUT2D eigenvalue weighted by molar-refractivity contribution is 0.160. The van der Waals surface area contributed by atoms with E-state index >= 15 is 0 Å². The predicted octanol–water partition coefficient (Wildman–Crippen LogP) is 4.72. The van der Waals surface area contributed by atoms with Crippen LogP contribution in [0.2, 0.25) is 5.02 Å². The number of nitrogens with zero attached hydrogens (tertiary/aromatic N) is 1. The van der Waals surface area contributed by atoms with Gasteiger partial charge in [0.2, 0.25) is 0 Å². The van der Waals surface area contributed by atoms with Gasteiger partial charge < -0.3 is 10.1 Å². The van der Waals surface area contributed by atoms with Crippen molar-refractivity contribution in [2.24, 2.45) is 0 Å². The van der Waals surface area contributed by atoms with Crippen molar-refractivity contribution in [3.63, 3.8) is 0 Å². The molecule has 134 valence electrons. The molecule has 1 aromatic rings. The van der Waals surface area contributed by atoms with Crippen LogP contribution in [0.5, 0.6) is 5.75 Å². The van der Waals surface area contributed by atoms with Gasteiger partial charge >= 0.3 is 0 Å². The molecule has 2 rings (SSSR count). The number of benzene rings is 1. The van der Waals surface area contributed by atoms with Crippen molar-refractivity contribution in [3.8, 4) is 5.75 Å². The smallest absolute Gasteiger partial charge is 0.123 e. The highest BCUT2D eigenvalue weighted by atomic mass is 35.5. The van der Waals surface area contributed by atoms with Gasteiger partial charge in [-0.3, -0.25) is 4.90 Å². The summed E-state index contributed by atoms with van der Waals surface area (Å²) in [5.41, 5.74) is 1.24. The number of unbranched alkanes of at least 4 members (excludes halogenated alkanes) is 2. The van der Waals surface area contributed by atoms with Crippen molar-refractivity contribution >= 4 is 36.4 Å². The van der Waals surface area contributed by atoms with E-state index in [0.29, 0.717) is 6.04 Å². The highest BCUT2D eigenvalue weighted by Gasteiger charge is 2.24. The van der Waals surface area contributed by atoms with Crippen molar-refractivity contribution in [2.75, 3.05) is 33.3 Å². The Labute approximate surface area is 157 Å². The lowest BCUT2D eigenvalue weighted by Gasteiger charge is -2.36. The number of hydrogen-bond donors (Lipinski definition) is 1. The second-order valence-electron chi connectivity index (χ2n) is 5.68. The first kappa shape index (κ1) is 22.8. The van der Waals surface area contributed by atoms with Crippen LogP contribution in [-0.4, -0.2) is 38.2 Å². The first-order chi connectivity index (χ1) is 10.3. The van der Waals surface area contributed by atoms with Gasteiger partial charge in [0.1, 0.15) is 5.75 Å². The molecule has 1 saturated heterocycles. The largest absolute Gasteiger partial charge is 0.496 e. The predicted molar refractivity (Wildman–Crippen MR) is 104 cm³/mol. The Morgan fingerprint density at radius 1 is 1.22 bits per heavy atom. The monoisotopic (exact) mass is 382 g/mol. The fourth-order valence-corrected chi connectivity index (χ4v) is 3.26. The minimum atomic E-state index is 0.